The van der Waals surface area contributed by atoms with Gasteiger partial charge in [-0.2, -0.15) is 0 Å². The van der Waals surface area contributed by atoms with Crippen molar-refractivity contribution >= 4 is 40.8 Å². The van der Waals surface area contributed by atoms with Crippen LogP contribution >= 0.6 is 23.2 Å². The molecule has 132 valence electrons. The SMILES string of the molecule is C[C@@H](OC(=O)c1cccc(Cl)c1Cl)C(=O)Nc1ccc(F)c(F)c1F. The van der Waals surface area contributed by atoms with Crippen LogP contribution in [0.4, 0.5) is 18.9 Å². The molecular weight excluding hydrogens is 382 g/mol. The number of carbonyl (C=O) groups excluding carboxylic acids is 2. The van der Waals surface area contributed by atoms with Gasteiger partial charge in [0.15, 0.2) is 23.6 Å². The summed E-state index contributed by atoms with van der Waals surface area (Å²) >= 11 is 11.7. The molecular formula is C16H10Cl2F3NO3. The van der Waals surface area contributed by atoms with Crippen molar-refractivity contribution in [2.75, 3.05) is 5.32 Å². The van der Waals surface area contributed by atoms with Gasteiger partial charge in [0.2, 0.25) is 0 Å². The van der Waals surface area contributed by atoms with E-state index in [1.165, 1.54) is 25.1 Å². The predicted molar refractivity (Wildman–Crippen MR) is 86.3 cm³/mol. The summed E-state index contributed by atoms with van der Waals surface area (Å²) in [5, 5.41) is 2.08. The van der Waals surface area contributed by atoms with Gasteiger partial charge in [-0.25, -0.2) is 18.0 Å². The van der Waals surface area contributed by atoms with Crippen LogP contribution in [0.2, 0.25) is 10.0 Å². The summed E-state index contributed by atoms with van der Waals surface area (Å²) in [6, 6.07) is 5.76. The summed E-state index contributed by atoms with van der Waals surface area (Å²) in [6.07, 6.45) is -1.37. The van der Waals surface area contributed by atoms with E-state index in [0.29, 0.717) is 6.07 Å². The van der Waals surface area contributed by atoms with Crippen molar-refractivity contribution in [1.82, 2.24) is 0 Å². The zero-order valence-electron chi connectivity index (χ0n) is 12.6. The first-order chi connectivity index (χ1) is 11.7. The molecule has 0 bridgehead atoms. The van der Waals surface area contributed by atoms with Crippen LogP contribution in [0.3, 0.4) is 0 Å². The molecule has 0 fully saturated rings. The third-order valence-corrected chi connectivity index (χ3v) is 3.94. The van der Waals surface area contributed by atoms with Crippen molar-refractivity contribution in [2.24, 2.45) is 0 Å². The van der Waals surface area contributed by atoms with Crippen LogP contribution in [-0.2, 0) is 9.53 Å². The van der Waals surface area contributed by atoms with Crippen molar-refractivity contribution in [2.45, 2.75) is 13.0 Å². The molecule has 0 aliphatic rings. The quantitative estimate of drug-likeness (QED) is 0.612. The zero-order chi connectivity index (χ0) is 18.7. The lowest BCUT2D eigenvalue weighted by atomic mass is 10.2. The molecule has 0 saturated heterocycles. The van der Waals surface area contributed by atoms with Gasteiger partial charge in [0.1, 0.15) is 0 Å². The Morgan fingerprint density at radius 3 is 2.44 bits per heavy atom. The molecule has 9 heteroatoms. The number of hydrogen-bond acceptors (Lipinski definition) is 3. The van der Waals surface area contributed by atoms with Crippen LogP contribution in [0.5, 0.6) is 0 Å². The van der Waals surface area contributed by atoms with Gasteiger partial charge in [-0.1, -0.05) is 29.3 Å². The molecule has 0 aliphatic heterocycles. The van der Waals surface area contributed by atoms with Crippen molar-refractivity contribution in [1.29, 1.82) is 0 Å². The lowest BCUT2D eigenvalue weighted by Crippen LogP contribution is -2.30. The number of nitrogens with one attached hydrogen (secondary N) is 1. The summed E-state index contributed by atoms with van der Waals surface area (Å²) in [5.74, 6) is -6.57. The second kappa shape index (κ2) is 7.76. The third kappa shape index (κ3) is 4.24. The maximum atomic E-state index is 13.5. The maximum absolute atomic E-state index is 13.5. The van der Waals surface area contributed by atoms with Crippen molar-refractivity contribution in [3.8, 4) is 0 Å². The van der Waals surface area contributed by atoms with Gasteiger partial charge >= 0.3 is 5.97 Å². The van der Waals surface area contributed by atoms with Gasteiger partial charge in [-0.3, -0.25) is 4.79 Å². The van der Waals surface area contributed by atoms with Gasteiger partial charge in [0, 0.05) is 0 Å². The number of benzene rings is 2. The molecule has 2 rings (SSSR count). The zero-order valence-corrected chi connectivity index (χ0v) is 14.1. The van der Waals surface area contributed by atoms with Gasteiger partial charge in [-0.05, 0) is 31.2 Å². The Morgan fingerprint density at radius 2 is 1.76 bits per heavy atom. The van der Waals surface area contributed by atoms with E-state index in [9.17, 15) is 22.8 Å². The normalized spacial score (nSPS) is 11.8. The number of amides is 1. The molecule has 2 aromatic rings. The Kier molecular flexibility index (Phi) is 5.92. The third-order valence-electron chi connectivity index (χ3n) is 3.12. The molecule has 1 amide bonds. The van der Waals surface area contributed by atoms with E-state index in [2.05, 4.69) is 0 Å². The largest absolute Gasteiger partial charge is 0.449 e. The number of anilines is 1. The van der Waals surface area contributed by atoms with Gasteiger partial charge in [0.25, 0.3) is 5.91 Å². The highest BCUT2D eigenvalue weighted by molar-refractivity contribution is 6.43. The van der Waals surface area contributed by atoms with E-state index < -0.39 is 41.1 Å². The second-order valence-electron chi connectivity index (χ2n) is 4.86. The average Bonchev–Trinajstić information content (AvgIpc) is 2.57. The smallest absolute Gasteiger partial charge is 0.340 e. The molecule has 0 unspecified atom stereocenters. The van der Waals surface area contributed by atoms with Crippen LogP contribution in [0.25, 0.3) is 0 Å². The molecule has 0 saturated carbocycles. The standard InChI is InChI=1S/C16H10Cl2F3NO3/c1-7(25-16(24)8-3-2-4-9(17)12(8)18)15(23)22-11-6-5-10(19)13(20)14(11)21/h2-7H,1H3,(H,22,23)/t7-/m1/s1. The Balaban J connectivity index is 2.09. The monoisotopic (exact) mass is 391 g/mol. The predicted octanol–water partition coefficient (Wildman–Crippen LogP) is 4.59. The lowest BCUT2D eigenvalue weighted by molar-refractivity contribution is -0.123. The highest BCUT2D eigenvalue weighted by atomic mass is 35.5. The van der Waals surface area contributed by atoms with Crippen LogP contribution in [0, 0.1) is 17.5 Å². The molecule has 1 atom stereocenters. The van der Waals surface area contributed by atoms with Crippen LogP contribution < -0.4 is 5.32 Å². The van der Waals surface area contributed by atoms with E-state index in [4.69, 9.17) is 27.9 Å². The first kappa shape index (κ1) is 19.1. The van der Waals surface area contributed by atoms with Gasteiger partial charge < -0.3 is 10.1 Å². The molecule has 1 N–H and O–H groups in total. The molecule has 0 aromatic heterocycles. The lowest BCUT2D eigenvalue weighted by Gasteiger charge is -2.14. The Bertz CT molecular complexity index is 846. The topological polar surface area (TPSA) is 55.4 Å². The number of carbonyl (C=O) groups is 2. The van der Waals surface area contributed by atoms with Crippen LogP contribution in [0.15, 0.2) is 30.3 Å². The van der Waals surface area contributed by atoms with E-state index >= 15 is 0 Å². The molecule has 0 spiro atoms. The Labute approximate surface area is 150 Å². The highest BCUT2D eigenvalue weighted by Gasteiger charge is 2.23. The number of hydrogen-bond donors (Lipinski definition) is 1. The van der Waals surface area contributed by atoms with Crippen molar-refractivity contribution < 1.29 is 27.5 Å². The Morgan fingerprint density at radius 1 is 1.08 bits per heavy atom. The number of rotatable bonds is 4. The molecule has 0 radical (unpaired) electrons. The highest BCUT2D eigenvalue weighted by Crippen LogP contribution is 2.26. The minimum Gasteiger partial charge on any atom is -0.449 e. The van der Waals surface area contributed by atoms with Crippen LogP contribution in [0.1, 0.15) is 17.3 Å². The minimum atomic E-state index is -1.73. The minimum absolute atomic E-state index is 0.0478. The molecule has 25 heavy (non-hydrogen) atoms. The summed E-state index contributed by atoms with van der Waals surface area (Å²) in [6.45, 7) is 1.21. The summed E-state index contributed by atoms with van der Waals surface area (Å²) in [7, 11) is 0. The van der Waals surface area contributed by atoms with Gasteiger partial charge in [-0.15, -0.1) is 0 Å². The first-order valence-electron chi connectivity index (χ1n) is 6.81. The van der Waals surface area contributed by atoms with E-state index in [-0.39, 0.29) is 15.6 Å². The van der Waals surface area contributed by atoms with Crippen molar-refractivity contribution in [3.63, 3.8) is 0 Å². The van der Waals surface area contributed by atoms with Crippen molar-refractivity contribution in [3.05, 3.63) is 63.4 Å². The maximum Gasteiger partial charge on any atom is 0.340 e. The first-order valence-corrected chi connectivity index (χ1v) is 7.57. The molecule has 2 aromatic carbocycles. The molecule has 0 aliphatic carbocycles. The fourth-order valence-corrected chi connectivity index (χ4v) is 2.17. The van der Waals surface area contributed by atoms with Crippen LogP contribution in [-0.4, -0.2) is 18.0 Å². The van der Waals surface area contributed by atoms with E-state index in [0.717, 1.165) is 6.07 Å². The number of halogens is 5. The second-order valence-corrected chi connectivity index (χ2v) is 5.65. The number of esters is 1. The molecule has 4 nitrogen and oxygen atoms in total. The fraction of sp³-hybridized carbons (Fsp3) is 0.125. The number of ether oxygens (including phenoxy) is 1. The summed E-state index contributed by atoms with van der Waals surface area (Å²) in [4.78, 5) is 24.0. The summed E-state index contributed by atoms with van der Waals surface area (Å²) < 4.78 is 44.5. The Hall–Kier alpha value is -2.25. The van der Waals surface area contributed by atoms with E-state index in [1.807, 2.05) is 5.32 Å². The van der Waals surface area contributed by atoms with E-state index in [1.54, 1.807) is 0 Å². The fourth-order valence-electron chi connectivity index (χ4n) is 1.80. The molecule has 0 heterocycles. The summed E-state index contributed by atoms with van der Waals surface area (Å²) in [5.41, 5.74) is -0.652. The van der Waals surface area contributed by atoms with Gasteiger partial charge in [0.05, 0.1) is 21.3 Å². The average molecular weight is 392 g/mol.